The van der Waals surface area contributed by atoms with E-state index in [1.807, 2.05) is 36.4 Å². The van der Waals surface area contributed by atoms with E-state index in [0.29, 0.717) is 23.8 Å². The monoisotopic (exact) mass is 280 g/mol. The van der Waals surface area contributed by atoms with Gasteiger partial charge in [0.05, 0.1) is 24.0 Å². The molecule has 0 aliphatic heterocycles. The van der Waals surface area contributed by atoms with Gasteiger partial charge in [-0.1, -0.05) is 24.3 Å². The fourth-order valence-electron chi connectivity index (χ4n) is 2.11. The summed E-state index contributed by atoms with van der Waals surface area (Å²) in [5.41, 5.74) is 8.29. The summed E-state index contributed by atoms with van der Waals surface area (Å²) >= 11 is 0. The van der Waals surface area contributed by atoms with E-state index in [1.165, 1.54) is 0 Å². The van der Waals surface area contributed by atoms with E-state index in [2.05, 4.69) is 4.98 Å². The number of ether oxygens (including phenoxy) is 2. The molecule has 4 heteroatoms. The molecule has 1 aromatic heterocycles. The van der Waals surface area contributed by atoms with Gasteiger partial charge in [-0.2, -0.15) is 0 Å². The van der Waals surface area contributed by atoms with Crippen molar-refractivity contribution < 1.29 is 9.47 Å². The largest absolute Gasteiger partial charge is 0.497 e. The predicted octanol–water partition coefficient (Wildman–Crippen LogP) is 3.40. The van der Waals surface area contributed by atoms with Crippen molar-refractivity contribution in [2.24, 2.45) is 0 Å². The Kier molecular flexibility index (Phi) is 3.60. The Labute approximate surface area is 123 Å². The summed E-state index contributed by atoms with van der Waals surface area (Å²) in [4.78, 5) is 4.57. The van der Waals surface area contributed by atoms with E-state index in [-0.39, 0.29) is 0 Å². The molecular weight excluding hydrogens is 264 g/mol. The zero-order chi connectivity index (χ0) is 14.7. The van der Waals surface area contributed by atoms with Gasteiger partial charge in [0.15, 0.2) is 0 Å². The summed E-state index contributed by atoms with van der Waals surface area (Å²) in [7, 11) is 1.61. The number of benzene rings is 2. The summed E-state index contributed by atoms with van der Waals surface area (Å²) < 4.78 is 10.9. The maximum Gasteiger partial charge on any atom is 0.146 e. The van der Waals surface area contributed by atoms with Crippen molar-refractivity contribution in [3.63, 3.8) is 0 Å². The number of methoxy groups -OCH3 is 1. The third-order valence-electron chi connectivity index (χ3n) is 3.25. The number of hydrogen-bond acceptors (Lipinski definition) is 4. The number of aromatic nitrogens is 1. The number of pyridine rings is 1. The lowest BCUT2D eigenvalue weighted by atomic mass is 10.2. The van der Waals surface area contributed by atoms with Crippen LogP contribution in [-0.2, 0) is 6.61 Å². The number of anilines is 1. The molecule has 2 N–H and O–H groups in total. The number of fused-ring (bicyclic) bond motifs is 1. The predicted molar refractivity (Wildman–Crippen MR) is 83.5 cm³/mol. The SMILES string of the molecule is COc1ccc(N)c(OCc2ccc3ccccc3n2)c1. The lowest BCUT2D eigenvalue weighted by Gasteiger charge is -2.10. The number of para-hydroxylation sites is 1. The van der Waals surface area contributed by atoms with Crippen LogP contribution in [0.25, 0.3) is 10.9 Å². The Morgan fingerprint density at radius 3 is 2.76 bits per heavy atom. The van der Waals surface area contributed by atoms with Gasteiger partial charge in [-0.05, 0) is 24.3 Å². The maximum atomic E-state index is 5.90. The van der Waals surface area contributed by atoms with Gasteiger partial charge in [0, 0.05) is 11.5 Å². The van der Waals surface area contributed by atoms with Crippen molar-refractivity contribution >= 4 is 16.6 Å². The second-order valence-electron chi connectivity index (χ2n) is 4.69. The van der Waals surface area contributed by atoms with Crippen molar-refractivity contribution in [3.8, 4) is 11.5 Å². The van der Waals surface area contributed by atoms with Crippen LogP contribution in [0.15, 0.2) is 54.6 Å². The summed E-state index contributed by atoms with van der Waals surface area (Å²) in [6, 6.07) is 17.3. The third kappa shape index (κ3) is 2.89. The van der Waals surface area contributed by atoms with E-state index in [4.69, 9.17) is 15.2 Å². The number of nitrogens with two attached hydrogens (primary N) is 1. The lowest BCUT2D eigenvalue weighted by molar-refractivity contribution is 0.301. The normalized spacial score (nSPS) is 10.5. The molecule has 3 aromatic rings. The number of nitrogens with zero attached hydrogens (tertiary/aromatic N) is 1. The minimum Gasteiger partial charge on any atom is -0.497 e. The van der Waals surface area contributed by atoms with Crippen LogP contribution in [0, 0.1) is 0 Å². The highest BCUT2D eigenvalue weighted by atomic mass is 16.5. The second-order valence-corrected chi connectivity index (χ2v) is 4.69. The minimum atomic E-state index is 0.363. The van der Waals surface area contributed by atoms with Crippen molar-refractivity contribution in [3.05, 3.63) is 60.3 Å². The zero-order valence-corrected chi connectivity index (χ0v) is 11.7. The van der Waals surface area contributed by atoms with Crippen LogP contribution in [0.2, 0.25) is 0 Å². The van der Waals surface area contributed by atoms with E-state index in [0.717, 1.165) is 16.6 Å². The number of rotatable bonds is 4. The molecule has 2 aromatic carbocycles. The molecule has 0 aliphatic carbocycles. The van der Waals surface area contributed by atoms with E-state index >= 15 is 0 Å². The average Bonchev–Trinajstić information content (AvgIpc) is 2.54. The smallest absolute Gasteiger partial charge is 0.146 e. The molecule has 0 saturated carbocycles. The van der Waals surface area contributed by atoms with Crippen LogP contribution in [0.4, 0.5) is 5.69 Å². The topological polar surface area (TPSA) is 57.4 Å². The van der Waals surface area contributed by atoms with Crippen LogP contribution < -0.4 is 15.2 Å². The Morgan fingerprint density at radius 2 is 1.90 bits per heavy atom. The minimum absolute atomic E-state index is 0.363. The third-order valence-corrected chi connectivity index (χ3v) is 3.25. The van der Waals surface area contributed by atoms with E-state index < -0.39 is 0 Å². The zero-order valence-electron chi connectivity index (χ0n) is 11.7. The fraction of sp³-hybridized carbons (Fsp3) is 0.118. The summed E-state index contributed by atoms with van der Waals surface area (Å²) in [5.74, 6) is 1.31. The summed E-state index contributed by atoms with van der Waals surface area (Å²) in [6.45, 7) is 0.363. The highest BCUT2D eigenvalue weighted by Gasteiger charge is 2.04. The molecule has 0 unspecified atom stereocenters. The highest BCUT2D eigenvalue weighted by molar-refractivity contribution is 5.78. The molecule has 3 rings (SSSR count). The van der Waals surface area contributed by atoms with Gasteiger partial charge in [-0.3, -0.25) is 0 Å². The molecule has 0 radical (unpaired) electrons. The van der Waals surface area contributed by atoms with Gasteiger partial charge in [0.1, 0.15) is 18.1 Å². The molecule has 1 heterocycles. The lowest BCUT2D eigenvalue weighted by Crippen LogP contribution is -2.01. The molecule has 0 atom stereocenters. The summed E-state index contributed by atoms with van der Waals surface area (Å²) in [6.07, 6.45) is 0. The molecule has 21 heavy (non-hydrogen) atoms. The van der Waals surface area contributed by atoms with Gasteiger partial charge in [-0.15, -0.1) is 0 Å². The standard InChI is InChI=1S/C17H16N2O2/c1-20-14-8-9-15(18)17(10-14)21-11-13-7-6-12-4-2-3-5-16(12)19-13/h2-10H,11,18H2,1H3. The number of hydrogen-bond donors (Lipinski definition) is 1. The van der Waals surface area contributed by atoms with Crippen LogP contribution in [-0.4, -0.2) is 12.1 Å². The van der Waals surface area contributed by atoms with Crippen molar-refractivity contribution in [1.82, 2.24) is 4.98 Å². The Balaban J connectivity index is 1.80. The Morgan fingerprint density at radius 1 is 1.05 bits per heavy atom. The molecule has 0 fully saturated rings. The molecule has 0 amide bonds. The van der Waals surface area contributed by atoms with Crippen LogP contribution >= 0.6 is 0 Å². The second kappa shape index (κ2) is 5.71. The average molecular weight is 280 g/mol. The highest BCUT2D eigenvalue weighted by Crippen LogP contribution is 2.27. The van der Waals surface area contributed by atoms with Gasteiger partial charge in [0.2, 0.25) is 0 Å². The molecular formula is C17H16N2O2. The first-order valence-electron chi connectivity index (χ1n) is 6.67. The van der Waals surface area contributed by atoms with Gasteiger partial charge in [0.25, 0.3) is 0 Å². The van der Waals surface area contributed by atoms with Crippen molar-refractivity contribution in [1.29, 1.82) is 0 Å². The first kappa shape index (κ1) is 13.2. The van der Waals surface area contributed by atoms with Gasteiger partial charge < -0.3 is 15.2 Å². The molecule has 0 aliphatic rings. The van der Waals surface area contributed by atoms with Crippen LogP contribution in [0.3, 0.4) is 0 Å². The Bertz CT molecular complexity index is 772. The molecule has 0 saturated heterocycles. The van der Waals surface area contributed by atoms with Crippen LogP contribution in [0.1, 0.15) is 5.69 Å². The van der Waals surface area contributed by atoms with Gasteiger partial charge in [-0.25, -0.2) is 4.98 Å². The fourth-order valence-corrected chi connectivity index (χ4v) is 2.11. The molecule has 0 bridgehead atoms. The van der Waals surface area contributed by atoms with Crippen LogP contribution in [0.5, 0.6) is 11.5 Å². The van der Waals surface area contributed by atoms with E-state index in [1.54, 1.807) is 25.3 Å². The van der Waals surface area contributed by atoms with Crippen molar-refractivity contribution in [2.45, 2.75) is 6.61 Å². The maximum absolute atomic E-state index is 5.90. The molecule has 4 nitrogen and oxygen atoms in total. The molecule has 0 spiro atoms. The molecule has 106 valence electrons. The van der Waals surface area contributed by atoms with Crippen molar-refractivity contribution in [2.75, 3.05) is 12.8 Å². The first-order valence-corrected chi connectivity index (χ1v) is 6.67. The quantitative estimate of drug-likeness (QED) is 0.744. The number of nitrogen functional groups attached to an aromatic ring is 1. The van der Waals surface area contributed by atoms with Gasteiger partial charge >= 0.3 is 0 Å². The Hall–Kier alpha value is -2.75. The van der Waals surface area contributed by atoms with E-state index in [9.17, 15) is 0 Å². The first-order chi connectivity index (χ1) is 10.3. The summed E-state index contributed by atoms with van der Waals surface area (Å²) in [5, 5.41) is 1.11.